The molecule has 2 rings (SSSR count). The van der Waals surface area contributed by atoms with Gasteiger partial charge in [0.2, 0.25) is 0 Å². The molecule has 5 nitrogen and oxygen atoms in total. The number of nitrogens with two attached hydrogens (primary N) is 1. The van der Waals surface area contributed by atoms with Crippen LogP contribution in [0.1, 0.15) is 18.5 Å². The van der Waals surface area contributed by atoms with E-state index in [0.717, 1.165) is 10.0 Å². The summed E-state index contributed by atoms with van der Waals surface area (Å²) >= 11 is 3.41. The highest BCUT2D eigenvalue weighted by molar-refractivity contribution is 9.10. The van der Waals surface area contributed by atoms with Crippen molar-refractivity contribution in [3.8, 4) is 5.75 Å². The maximum atomic E-state index is 12.0. The van der Waals surface area contributed by atoms with Gasteiger partial charge in [-0.3, -0.25) is 4.79 Å². The third-order valence-corrected chi connectivity index (χ3v) is 3.67. The van der Waals surface area contributed by atoms with E-state index in [-0.39, 0.29) is 18.6 Å². The molecular formula is C14H19BrN2O3. The van der Waals surface area contributed by atoms with Gasteiger partial charge in [-0.05, 0) is 25.1 Å². The molecule has 0 bridgehead atoms. The molecule has 0 aliphatic carbocycles. The van der Waals surface area contributed by atoms with Crippen LogP contribution in [0.2, 0.25) is 0 Å². The first-order valence-electron chi connectivity index (χ1n) is 6.61. The third kappa shape index (κ3) is 3.94. The molecule has 1 atom stereocenters. The maximum Gasteiger partial charge on any atom is 0.260 e. The summed E-state index contributed by atoms with van der Waals surface area (Å²) in [6.07, 6.45) is 0. The van der Waals surface area contributed by atoms with E-state index in [1.165, 1.54) is 0 Å². The standard InChI is InChI=1S/C14H19BrN2O3/c1-10(16)12-8-11(15)2-3-13(12)20-9-14(18)17-4-6-19-7-5-17/h2-3,8,10H,4-7,9,16H2,1H3/t10-/m1/s1. The van der Waals surface area contributed by atoms with E-state index >= 15 is 0 Å². The first-order valence-corrected chi connectivity index (χ1v) is 7.40. The number of amides is 1. The minimum Gasteiger partial charge on any atom is -0.483 e. The SMILES string of the molecule is C[C@@H](N)c1cc(Br)ccc1OCC(=O)N1CCOCC1. The molecule has 1 aromatic carbocycles. The van der Waals surface area contributed by atoms with Crippen LogP contribution in [-0.2, 0) is 9.53 Å². The molecule has 1 aliphatic rings. The third-order valence-electron chi connectivity index (χ3n) is 3.18. The number of carbonyl (C=O) groups is 1. The monoisotopic (exact) mass is 342 g/mol. The van der Waals surface area contributed by atoms with Crippen molar-refractivity contribution in [2.75, 3.05) is 32.9 Å². The summed E-state index contributed by atoms with van der Waals surface area (Å²) in [4.78, 5) is 13.8. The molecule has 1 saturated heterocycles. The molecular weight excluding hydrogens is 324 g/mol. The van der Waals surface area contributed by atoms with Crippen LogP contribution in [0.5, 0.6) is 5.75 Å². The van der Waals surface area contributed by atoms with Crippen molar-refractivity contribution in [1.82, 2.24) is 4.90 Å². The average Bonchev–Trinajstić information content (AvgIpc) is 2.46. The summed E-state index contributed by atoms with van der Waals surface area (Å²) in [7, 11) is 0. The van der Waals surface area contributed by atoms with Gasteiger partial charge in [0.15, 0.2) is 6.61 Å². The van der Waals surface area contributed by atoms with Crippen LogP contribution in [0.25, 0.3) is 0 Å². The normalized spacial score (nSPS) is 16.9. The molecule has 1 amide bonds. The van der Waals surface area contributed by atoms with E-state index in [0.29, 0.717) is 32.1 Å². The summed E-state index contributed by atoms with van der Waals surface area (Å²) in [5.74, 6) is 0.636. The lowest BCUT2D eigenvalue weighted by molar-refractivity contribution is -0.137. The molecule has 1 aliphatic heterocycles. The lowest BCUT2D eigenvalue weighted by Crippen LogP contribution is -2.43. The second-order valence-corrected chi connectivity index (χ2v) is 5.67. The Labute approximate surface area is 127 Å². The molecule has 110 valence electrons. The summed E-state index contributed by atoms with van der Waals surface area (Å²) in [6.45, 7) is 4.36. The predicted octanol–water partition coefficient (Wildman–Crippen LogP) is 1.71. The zero-order valence-electron chi connectivity index (χ0n) is 11.5. The predicted molar refractivity (Wildman–Crippen MR) is 79.6 cm³/mol. The Hall–Kier alpha value is -1.11. The van der Waals surface area contributed by atoms with E-state index in [2.05, 4.69) is 15.9 Å². The Morgan fingerprint density at radius 3 is 2.85 bits per heavy atom. The highest BCUT2D eigenvalue weighted by Crippen LogP contribution is 2.27. The summed E-state index contributed by atoms with van der Waals surface area (Å²) in [5, 5.41) is 0. The van der Waals surface area contributed by atoms with Gasteiger partial charge < -0.3 is 20.1 Å². The number of hydrogen-bond acceptors (Lipinski definition) is 4. The van der Waals surface area contributed by atoms with Gasteiger partial charge in [-0.25, -0.2) is 0 Å². The van der Waals surface area contributed by atoms with Gasteiger partial charge in [-0.2, -0.15) is 0 Å². The van der Waals surface area contributed by atoms with E-state index in [9.17, 15) is 4.79 Å². The topological polar surface area (TPSA) is 64.8 Å². The summed E-state index contributed by atoms with van der Waals surface area (Å²) in [5.41, 5.74) is 6.80. The van der Waals surface area contributed by atoms with Crippen molar-refractivity contribution in [3.05, 3.63) is 28.2 Å². The Balaban J connectivity index is 1.98. The summed E-state index contributed by atoms with van der Waals surface area (Å²) < 4.78 is 11.8. The van der Waals surface area contributed by atoms with Gasteiger partial charge in [0.1, 0.15) is 5.75 Å². The molecule has 6 heteroatoms. The number of hydrogen-bond donors (Lipinski definition) is 1. The zero-order valence-corrected chi connectivity index (χ0v) is 13.1. The second-order valence-electron chi connectivity index (χ2n) is 4.75. The Kier molecular flexibility index (Phi) is 5.39. The number of nitrogens with zero attached hydrogens (tertiary/aromatic N) is 1. The molecule has 1 heterocycles. The minimum absolute atomic E-state index is 0.0214. The molecule has 1 aromatic rings. The van der Waals surface area contributed by atoms with E-state index < -0.39 is 0 Å². The molecule has 0 saturated carbocycles. The van der Waals surface area contributed by atoms with Crippen molar-refractivity contribution >= 4 is 21.8 Å². The van der Waals surface area contributed by atoms with Crippen LogP contribution in [-0.4, -0.2) is 43.7 Å². The maximum absolute atomic E-state index is 12.0. The van der Waals surface area contributed by atoms with Gasteiger partial charge >= 0.3 is 0 Å². The van der Waals surface area contributed by atoms with Crippen LogP contribution in [0, 0.1) is 0 Å². The first kappa shape index (κ1) is 15.3. The highest BCUT2D eigenvalue weighted by Gasteiger charge is 2.18. The van der Waals surface area contributed by atoms with Crippen molar-refractivity contribution in [3.63, 3.8) is 0 Å². The second kappa shape index (κ2) is 7.06. The van der Waals surface area contributed by atoms with Gasteiger partial charge in [0.05, 0.1) is 13.2 Å². The number of carbonyl (C=O) groups excluding carboxylic acids is 1. The Morgan fingerprint density at radius 2 is 2.20 bits per heavy atom. The van der Waals surface area contributed by atoms with E-state index in [1.807, 2.05) is 25.1 Å². The summed E-state index contributed by atoms with van der Waals surface area (Å²) in [6, 6.07) is 5.47. The van der Waals surface area contributed by atoms with Crippen molar-refractivity contribution in [1.29, 1.82) is 0 Å². The molecule has 0 aromatic heterocycles. The van der Waals surface area contributed by atoms with Crippen LogP contribution in [0.4, 0.5) is 0 Å². The molecule has 0 radical (unpaired) electrons. The highest BCUT2D eigenvalue weighted by atomic mass is 79.9. The smallest absolute Gasteiger partial charge is 0.260 e. The van der Waals surface area contributed by atoms with Crippen LogP contribution in [0.15, 0.2) is 22.7 Å². The van der Waals surface area contributed by atoms with Crippen molar-refractivity contribution in [2.45, 2.75) is 13.0 Å². The van der Waals surface area contributed by atoms with E-state index in [4.69, 9.17) is 15.2 Å². The average molecular weight is 343 g/mol. The van der Waals surface area contributed by atoms with Crippen LogP contribution in [0.3, 0.4) is 0 Å². The van der Waals surface area contributed by atoms with Gasteiger partial charge in [-0.15, -0.1) is 0 Å². The minimum atomic E-state index is -0.152. The van der Waals surface area contributed by atoms with Gasteiger partial charge in [0, 0.05) is 29.2 Å². The lowest BCUT2D eigenvalue weighted by atomic mass is 10.1. The van der Waals surface area contributed by atoms with E-state index in [1.54, 1.807) is 4.90 Å². The van der Waals surface area contributed by atoms with Crippen molar-refractivity contribution in [2.24, 2.45) is 5.73 Å². The van der Waals surface area contributed by atoms with Crippen LogP contribution < -0.4 is 10.5 Å². The Morgan fingerprint density at radius 1 is 1.50 bits per heavy atom. The van der Waals surface area contributed by atoms with Crippen LogP contribution >= 0.6 is 15.9 Å². The fraction of sp³-hybridized carbons (Fsp3) is 0.500. The first-order chi connectivity index (χ1) is 9.58. The lowest BCUT2D eigenvalue weighted by Gasteiger charge is -2.27. The van der Waals surface area contributed by atoms with Gasteiger partial charge in [-0.1, -0.05) is 15.9 Å². The number of benzene rings is 1. The molecule has 1 fully saturated rings. The number of ether oxygens (including phenoxy) is 2. The molecule has 20 heavy (non-hydrogen) atoms. The number of halogens is 1. The van der Waals surface area contributed by atoms with Gasteiger partial charge in [0.25, 0.3) is 5.91 Å². The number of rotatable bonds is 4. The number of morpholine rings is 1. The fourth-order valence-corrected chi connectivity index (χ4v) is 2.43. The fourth-order valence-electron chi connectivity index (χ4n) is 2.05. The largest absolute Gasteiger partial charge is 0.483 e. The van der Waals surface area contributed by atoms with Crippen molar-refractivity contribution < 1.29 is 14.3 Å². The molecule has 0 unspecified atom stereocenters. The zero-order chi connectivity index (χ0) is 14.5. The quantitative estimate of drug-likeness (QED) is 0.904. The Bertz CT molecular complexity index is 473. The molecule has 0 spiro atoms. The molecule has 2 N–H and O–H groups in total.